The Kier molecular flexibility index (Phi) is 8.45. The fourth-order valence-corrected chi connectivity index (χ4v) is 3.01. The van der Waals surface area contributed by atoms with Gasteiger partial charge in [0.05, 0.1) is 12.7 Å². The molecule has 0 aromatic heterocycles. The van der Waals surface area contributed by atoms with E-state index in [4.69, 9.17) is 14.2 Å². The topological polar surface area (TPSA) is 47.6 Å². The van der Waals surface area contributed by atoms with Gasteiger partial charge in [-0.3, -0.25) is 0 Å². The molecule has 2 fully saturated rings. The minimum atomic E-state index is -0.535. The van der Waals surface area contributed by atoms with Crippen LogP contribution >= 0.6 is 0 Å². The summed E-state index contributed by atoms with van der Waals surface area (Å²) < 4.78 is 17.2. The van der Waals surface area contributed by atoms with Gasteiger partial charge in [0, 0.05) is 25.6 Å². The average molecular weight is 311 g/mol. The van der Waals surface area contributed by atoms with Crippen LogP contribution in [0.1, 0.15) is 58.3 Å². The van der Waals surface area contributed by atoms with E-state index in [2.05, 4.69) is 13.0 Å². The molecule has 2 aliphatic rings. The first-order valence-corrected chi connectivity index (χ1v) is 8.98. The van der Waals surface area contributed by atoms with Crippen molar-refractivity contribution in [2.24, 2.45) is 5.92 Å². The first-order chi connectivity index (χ1) is 10.8. The molecule has 0 amide bonds. The van der Waals surface area contributed by atoms with E-state index in [0.29, 0.717) is 19.6 Å². The maximum atomic E-state index is 11.9. The monoisotopic (exact) mass is 311 g/mol. The van der Waals surface area contributed by atoms with Crippen molar-refractivity contribution in [1.82, 2.24) is 0 Å². The number of ether oxygens (including phenoxy) is 3. The van der Waals surface area contributed by atoms with E-state index >= 15 is 0 Å². The van der Waals surface area contributed by atoms with Crippen LogP contribution in [0.4, 0.5) is 0 Å². The number of hydrogen-bond acceptors (Lipinski definition) is 3. The van der Waals surface area contributed by atoms with E-state index in [9.17, 15) is 5.11 Å². The minimum absolute atomic E-state index is 0.0155. The predicted molar refractivity (Wildman–Crippen MR) is 85.1 cm³/mol. The fraction of sp³-hybridized carbons (Fsp3) is 0.889. The summed E-state index contributed by atoms with van der Waals surface area (Å²) in [6, 6.07) is 0. The maximum absolute atomic E-state index is 11.9. The second-order valence-electron chi connectivity index (χ2n) is 6.42. The smallest absolute Gasteiger partial charge is 0.158 e. The molecule has 0 aliphatic carbocycles. The van der Waals surface area contributed by atoms with Gasteiger partial charge in [0.2, 0.25) is 0 Å². The lowest BCUT2D eigenvalue weighted by molar-refractivity contribution is -0.179. The van der Waals surface area contributed by atoms with Crippen LogP contribution < -0.4 is 0 Å². The van der Waals surface area contributed by atoms with E-state index in [0.717, 1.165) is 32.3 Å². The average Bonchev–Trinajstić information content (AvgIpc) is 2.55. The Balaban J connectivity index is 1.84. The molecular formula is C18H31O4. The molecule has 0 saturated carbocycles. The highest BCUT2D eigenvalue weighted by Gasteiger charge is 2.24. The van der Waals surface area contributed by atoms with Crippen molar-refractivity contribution >= 4 is 0 Å². The number of rotatable bonds is 8. The van der Waals surface area contributed by atoms with Gasteiger partial charge in [0.25, 0.3) is 0 Å². The Morgan fingerprint density at radius 3 is 2.86 bits per heavy atom. The van der Waals surface area contributed by atoms with Gasteiger partial charge in [0.15, 0.2) is 6.29 Å². The van der Waals surface area contributed by atoms with Crippen molar-refractivity contribution in [3.8, 4) is 0 Å². The van der Waals surface area contributed by atoms with Crippen LogP contribution in [0.25, 0.3) is 0 Å². The van der Waals surface area contributed by atoms with E-state index in [1.165, 1.54) is 19.3 Å². The van der Waals surface area contributed by atoms with Crippen LogP contribution in [0.5, 0.6) is 0 Å². The van der Waals surface area contributed by atoms with Gasteiger partial charge >= 0.3 is 0 Å². The van der Waals surface area contributed by atoms with Crippen LogP contribution in [0, 0.1) is 5.92 Å². The number of hydrogen-bond donors (Lipinski definition) is 0. The standard InChI is InChI=1S/C18H31O4/c1-2-3-4-7-16(22-18-8-5-6-12-21-18)10-9-15-14-20-13-11-17(15)19/h9-10,15-18H,2-8,11-14H2,1H3/t15-,16+,17-,18?/m1/s1. The van der Waals surface area contributed by atoms with Gasteiger partial charge in [-0.05, 0) is 25.7 Å². The highest BCUT2D eigenvalue weighted by atomic mass is 16.7. The Morgan fingerprint density at radius 1 is 1.23 bits per heavy atom. The number of unbranched alkanes of at least 4 members (excludes halogenated alkanes) is 2. The molecule has 4 nitrogen and oxygen atoms in total. The molecule has 1 radical (unpaired) electrons. The molecule has 2 aliphatic heterocycles. The zero-order valence-corrected chi connectivity index (χ0v) is 13.9. The highest BCUT2D eigenvalue weighted by molar-refractivity contribution is 4.97. The van der Waals surface area contributed by atoms with Gasteiger partial charge in [-0.1, -0.05) is 38.3 Å². The summed E-state index contributed by atoms with van der Waals surface area (Å²) in [5.74, 6) is -0.0155. The molecule has 0 aromatic carbocycles. The third-order valence-corrected chi connectivity index (χ3v) is 4.46. The van der Waals surface area contributed by atoms with Crippen LogP contribution in [-0.4, -0.2) is 38.3 Å². The van der Waals surface area contributed by atoms with Crippen molar-refractivity contribution in [1.29, 1.82) is 0 Å². The SMILES string of the molecule is CCCCC[C@@H](C=C[C@@H]1COCC[C@H]1[O])OC1CCCCO1. The molecule has 0 aromatic rings. The summed E-state index contributed by atoms with van der Waals surface area (Å²) in [6.45, 7) is 4.16. The Morgan fingerprint density at radius 2 is 2.14 bits per heavy atom. The fourth-order valence-electron chi connectivity index (χ4n) is 3.01. The third kappa shape index (κ3) is 6.37. The Bertz CT molecular complexity index is 312. The van der Waals surface area contributed by atoms with Crippen molar-refractivity contribution in [2.75, 3.05) is 19.8 Å². The summed E-state index contributed by atoms with van der Waals surface area (Å²) in [4.78, 5) is 0. The summed E-state index contributed by atoms with van der Waals surface area (Å²) in [5, 5.41) is 11.9. The first-order valence-electron chi connectivity index (χ1n) is 8.98. The molecule has 2 saturated heterocycles. The summed E-state index contributed by atoms with van der Waals surface area (Å²) >= 11 is 0. The molecule has 2 heterocycles. The van der Waals surface area contributed by atoms with Crippen molar-refractivity contribution in [2.45, 2.75) is 76.8 Å². The molecule has 4 heteroatoms. The molecule has 127 valence electrons. The van der Waals surface area contributed by atoms with E-state index in [-0.39, 0.29) is 18.3 Å². The normalized spacial score (nSPS) is 31.5. The van der Waals surface area contributed by atoms with Gasteiger partial charge in [0.1, 0.15) is 6.10 Å². The lowest BCUT2D eigenvalue weighted by Gasteiger charge is -2.27. The summed E-state index contributed by atoms with van der Waals surface area (Å²) in [7, 11) is 0. The van der Waals surface area contributed by atoms with Crippen molar-refractivity contribution < 1.29 is 19.3 Å². The van der Waals surface area contributed by atoms with Gasteiger partial charge in [-0.2, -0.15) is 0 Å². The van der Waals surface area contributed by atoms with Gasteiger partial charge in [-0.25, -0.2) is 5.11 Å². The predicted octanol–water partition coefficient (Wildman–Crippen LogP) is 3.87. The second kappa shape index (κ2) is 10.4. The molecular weight excluding hydrogens is 280 g/mol. The molecule has 0 bridgehead atoms. The largest absolute Gasteiger partial charge is 0.381 e. The zero-order chi connectivity index (χ0) is 15.6. The molecule has 2 rings (SSSR count). The van der Waals surface area contributed by atoms with Gasteiger partial charge in [-0.15, -0.1) is 0 Å². The van der Waals surface area contributed by atoms with Crippen molar-refractivity contribution in [3.63, 3.8) is 0 Å². The summed E-state index contributed by atoms with van der Waals surface area (Å²) in [5.41, 5.74) is 0. The molecule has 4 atom stereocenters. The minimum Gasteiger partial charge on any atom is -0.381 e. The third-order valence-electron chi connectivity index (χ3n) is 4.46. The first kappa shape index (κ1) is 17.9. The van der Waals surface area contributed by atoms with E-state index in [1.807, 2.05) is 6.08 Å². The van der Waals surface area contributed by atoms with E-state index < -0.39 is 6.10 Å². The molecule has 0 spiro atoms. The second-order valence-corrected chi connectivity index (χ2v) is 6.42. The molecule has 22 heavy (non-hydrogen) atoms. The zero-order valence-electron chi connectivity index (χ0n) is 13.9. The lowest BCUT2D eigenvalue weighted by Crippen LogP contribution is -2.30. The summed E-state index contributed by atoms with van der Waals surface area (Å²) in [6.07, 6.45) is 12.0. The van der Waals surface area contributed by atoms with Crippen LogP contribution in [0.15, 0.2) is 12.2 Å². The molecule has 1 unspecified atom stereocenters. The molecule has 0 N–H and O–H groups in total. The highest BCUT2D eigenvalue weighted by Crippen LogP contribution is 2.21. The lowest BCUT2D eigenvalue weighted by atomic mass is 9.97. The Labute approximate surface area is 134 Å². The quantitative estimate of drug-likeness (QED) is 0.505. The van der Waals surface area contributed by atoms with Crippen LogP contribution in [0.3, 0.4) is 0 Å². The van der Waals surface area contributed by atoms with E-state index in [1.54, 1.807) is 0 Å². The van der Waals surface area contributed by atoms with Crippen LogP contribution in [0.2, 0.25) is 0 Å². The maximum Gasteiger partial charge on any atom is 0.158 e. The van der Waals surface area contributed by atoms with Crippen molar-refractivity contribution in [3.05, 3.63) is 12.2 Å². The van der Waals surface area contributed by atoms with Gasteiger partial charge < -0.3 is 14.2 Å². The Hall–Kier alpha value is -0.420. The van der Waals surface area contributed by atoms with Crippen LogP contribution in [-0.2, 0) is 19.3 Å².